The molecule has 1 aromatic carbocycles. The number of carbonyl (C=O) groups is 1. The molecule has 17 N–H and O–H groups in total. The molecule has 0 spiro atoms. The third kappa shape index (κ3) is 8.61. The van der Waals surface area contributed by atoms with E-state index in [2.05, 4.69) is 0 Å². The predicted molar refractivity (Wildman–Crippen MR) is 188 cm³/mol. The average molecular weight is 873 g/mol. The highest BCUT2D eigenvalue weighted by atomic mass is 16.7. The number of rotatable bonds is 13. The Hall–Kier alpha value is -2.81. The van der Waals surface area contributed by atoms with Crippen molar-refractivity contribution in [2.75, 3.05) is 27.4 Å². The fraction of sp³-hybridized carbons (Fsp3) is 0.743. The molecule has 4 aliphatic rings. The molecule has 4 heterocycles. The summed E-state index contributed by atoms with van der Waals surface area (Å²) in [6.07, 6.45) is -46.2. The van der Waals surface area contributed by atoms with Gasteiger partial charge in [0.2, 0.25) is 5.75 Å². The van der Waals surface area contributed by atoms with Crippen LogP contribution in [0.5, 0.6) is 17.2 Å². The maximum absolute atomic E-state index is 13.1. The van der Waals surface area contributed by atoms with Gasteiger partial charge in [0.05, 0.1) is 27.4 Å². The van der Waals surface area contributed by atoms with Crippen LogP contribution in [0.4, 0.5) is 0 Å². The van der Waals surface area contributed by atoms with Crippen molar-refractivity contribution in [1.82, 2.24) is 0 Å². The summed E-state index contributed by atoms with van der Waals surface area (Å²) in [5.74, 6) is -1.61. The first-order chi connectivity index (χ1) is 28.2. The summed E-state index contributed by atoms with van der Waals surface area (Å²) in [5.41, 5.74) is -2.92. The number of hydrogen-bond donors (Lipinski definition) is 17. The largest absolute Gasteiger partial charge is 0.502 e. The summed E-state index contributed by atoms with van der Waals surface area (Å²) in [6, 6.07) is 2.60. The van der Waals surface area contributed by atoms with Crippen molar-refractivity contribution in [2.24, 2.45) is 0 Å². The quantitative estimate of drug-likeness (QED) is 0.0818. The molecule has 0 bridgehead atoms. The lowest BCUT2D eigenvalue weighted by atomic mass is 9.74. The maximum atomic E-state index is 13.1. The van der Waals surface area contributed by atoms with Gasteiger partial charge in [-0.3, -0.25) is 4.79 Å². The Bertz CT molecular complexity index is 1610. The molecule has 4 fully saturated rings. The van der Waals surface area contributed by atoms with Crippen molar-refractivity contribution in [3.8, 4) is 17.2 Å². The highest BCUT2D eigenvalue weighted by Crippen LogP contribution is 2.44. The number of phenols is 1. The number of aromatic hydroxyl groups is 1. The van der Waals surface area contributed by atoms with E-state index in [0.717, 1.165) is 12.2 Å². The van der Waals surface area contributed by atoms with Gasteiger partial charge in [0.15, 0.2) is 35.5 Å². The Labute approximate surface area is 339 Å². The standard InChI is InChI=1S/C35H52O25/c1-54-11-5-9(6-12(55-2)16(11)40)3-4-10(38)15(39)27-21(45)19(43)22(46)28(58-27)26(50)29-23(47)20(44)25(49)34(59-29)60-35(30(51)14(8-37)57-33(53)31(35)52)32-24(48)18(42)17(41)13(7-36)56-32/h3-6,13-15,17-34,36-37,39-53H,7-8H2,1-2H3/t13-,14-,15?,17-,18+,19+,20+,21+,22-,23-,24-,25-,26?,27-,28?,29+,30+,31+,32?,33?,34?,35+/m1/s1. The van der Waals surface area contributed by atoms with Crippen LogP contribution < -0.4 is 9.47 Å². The van der Waals surface area contributed by atoms with Crippen LogP contribution in [0.15, 0.2) is 18.2 Å². The second-order valence-corrected chi connectivity index (χ2v) is 14.8. The molecule has 1 aromatic rings. The molecule has 0 amide bonds. The van der Waals surface area contributed by atoms with E-state index in [4.69, 9.17) is 33.2 Å². The van der Waals surface area contributed by atoms with E-state index >= 15 is 0 Å². The van der Waals surface area contributed by atoms with Gasteiger partial charge in [0.1, 0.15) is 116 Å². The van der Waals surface area contributed by atoms with Gasteiger partial charge in [0, 0.05) is 0 Å². The van der Waals surface area contributed by atoms with E-state index in [0.29, 0.717) is 0 Å². The maximum Gasteiger partial charge on any atom is 0.200 e. The van der Waals surface area contributed by atoms with Crippen molar-refractivity contribution in [1.29, 1.82) is 0 Å². The van der Waals surface area contributed by atoms with Gasteiger partial charge in [-0.2, -0.15) is 0 Å². The van der Waals surface area contributed by atoms with Crippen LogP contribution in [0.2, 0.25) is 0 Å². The van der Waals surface area contributed by atoms with Gasteiger partial charge < -0.3 is 120 Å². The zero-order valence-electron chi connectivity index (χ0n) is 31.7. The van der Waals surface area contributed by atoms with Gasteiger partial charge in [-0.25, -0.2) is 0 Å². The van der Waals surface area contributed by atoms with Gasteiger partial charge in [-0.1, -0.05) is 6.08 Å². The first-order valence-electron chi connectivity index (χ1n) is 18.4. The van der Waals surface area contributed by atoms with E-state index in [-0.39, 0.29) is 22.8 Å². The zero-order chi connectivity index (χ0) is 44.7. The van der Waals surface area contributed by atoms with Crippen LogP contribution >= 0.6 is 0 Å². The van der Waals surface area contributed by atoms with E-state index in [1.54, 1.807) is 0 Å². The summed E-state index contributed by atoms with van der Waals surface area (Å²) >= 11 is 0. The smallest absolute Gasteiger partial charge is 0.200 e. The van der Waals surface area contributed by atoms with Crippen LogP contribution in [0.3, 0.4) is 0 Å². The lowest BCUT2D eigenvalue weighted by molar-refractivity contribution is -0.422. The zero-order valence-corrected chi connectivity index (χ0v) is 31.7. The highest BCUT2D eigenvalue weighted by molar-refractivity contribution is 5.97. The van der Waals surface area contributed by atoms with E-state index in [1.165, 1.54) is 26.4 Å². The molecule has 25 nitrogen and oxygen atoms in total. The van der Waals surface area contributed by atoms with Crippen LogP contribution in [0.25, 0.3) is 6.08 Å². The van der Waals surface area contributed by atoms with Crippen LogP contribution in [-0.4, -0.2) is 254 Å². The molecule has 0 aromatic heterocycles. The molecule has 4 aliphatic heterocycles. The number of methoxy groups -OCH3 is 2. The van der Waals surface area contributed by atoms with Crippen LogP contribution in [-0.2, 0) is 28.5 Å². The normalized spacial score (nSPS) is 44.9. The average Bonchev–Trinajstić information content (AvgIpc) is 3.24. The van der Waals surface area contributed by atoms with Gasteiger partial charge in [-0.05, 0) is 23.8 Å². The summed E-state index contributed by atoms with van der Waals surface area (Å²) in [7, 11) is 2.49. The Morgan fingerprint density at radius 3 is 1.73 bits per heavy atom. The topological polar surface area (TPSA) is 426 Å². The van der Waals surface area contributed by atoms with Crippen molar-refractivity contribution >= 4 is 11.9 Å². The van der Waals surface area contributed by atoms with Crippen molar-refractivity contribution in [3.63, 3.8) is 0 Å². The molecule has 5 rings (SSSR count). The Morgan fingerprint density at radius 1 is 0.667 bits per heavy atom. The SMILES string of the molecule is COc1cc(C=CC(=O)C(O)[C@H]2OC(C(O)[C@H]3OC(O[C@]4(C5O[C@H](CO)[C@@H](O)[C@H](O)[C@H]5O)[C@@H](O)C(O)O[C@H](CO)[C@@H]4O)[C@H](O)[C@@H](O)[C@H]3O)[C@H](O)[C@@H](O)[C@@H]2O)cc(OC)c1O. The van der Waals surface area contributed by atoms with Crippen molar-refractivity contribution < 1.29 is 125 Å². The first kappa shape index (κ1) is 48.2. The molecule has 342 valence electrons. The monoisotopic (exact) mass is 872 g/mol. The number of ketones is 1. The van der Waals surface area contributed by atoms with Crippen molar-refractivity contribution in [2.45, 2.75) is 134 Å². The third-order valence-electron chi connectivity index (χ3n) is 11.2. The second kappa shape index (κ2) is 19.3. The number of ether oxygens (including phenoxy) is 7. The number of aliphatic hydroxyl groups excluding tert-OH is 16. The molecule has 60 heavy (non-hydrogen) atoms. The molecule has 25 heteroatoms. The Morgan fingerprint density at radius 2 is 1.18 bits per heavy atom. The summed E-state index contributed by atoms with van der Waals surface area (Å²) < 4.78 is 37.6. The van der Waals surface area contributed by atoms with Gasteiger partial charge >= 0.3 is 0 Å². The van der Waals surface area contributed by atoms with Crippen molar-refractivity contribution in [3.05, 3.63) is 23.8 Å². The lowest BCUT2D eigenvalue weighted by Gasteiger charge is -2.57. The fourth-order valence-electron chi connectivity index (χ4n) is 7.74. The number of phenolic OH excluding ortho intramolecular Hbond substituents is 1. The molecule has 6 unspecified atom stereocenters. The summed E-state index contributed by atoms with van der Waals surface area (Å²) in [5, 5.41) is 183. The number of aliphatic hydroxyl groups is 16. The van der Waals surface area contributed by atoms with Crippen LogP contribution in [0, 0.1) is 0 Å². The molecular formula is C35H52O25. The lowest BCUT2D eigenvalue weighted by Crippen LogP contribution is -2.79. The summed E-state index contributed by atoms with van der Waals surface area (Å²) in [6.45, 7) is -2.19. The molecule has 22 atom stereocenters. The third-order valence-corrected chi connectivity index (χ3v) is 11.2. The summed E-state index contributed by atoms with van der Waals surface area (Å²) in [4.78, 5) is 13.1. The van der Waals surface area contributed by atoms with Crippen LogP contribution in [0.1, 0.15) is 5.56 Å². The first-order valence-corrected chi connectivity index (χ1v) is 18.4. The molecule has 0 aliphatic carbocycles. The number of benzene rings is 1. The molecular weight excluding hydrogens is 820 g/mol. The molecule has 0 radical (unpaired) electrons. The second-order valence-electron chi connectivity index (χ2n) is 14.8. The predicted octanol–water partition coefficient (Wildman–Crippen LogP) is -9.60. The van der Waals surface area contributed by atoms with E-state index in [1.807, 2.05) is 0 Å². The number of carbonyl (C=O) groups excluding carboxylic acids is 1. The molecule has 4 saturated heterocycles. The minimum Gasteiger partial charge on any atom is -0.502 e. The van der Waals surface area contributed by atoms with E-state index < -0.39 is 153 Å². The minimum absolute atomic E-state index is 0.0459. The minimum atomic E-state index is -3.14. The molecule has 0 saturated carbocycles. The van der Waals surface area contributed by atoms with Gasteiger partial charge in [-0.15, -0.1) is 0 Å². The number of hydrogen-bond acceptors (Lipinski definition) is 25. The highest BCUT2D eigenvalue weighted by Gasteiger charge is 2.68. The Balaban J connectivity index is 1.44. The van der Waals surface area contributed by atoms with Gasteiger partial charge in [0.25, 0.3) is 0 Å². The Kier molecular flexibility index (Phi) is 15.5. The fourth-order valence-corrected chi connectivity index (χ4v) is 7.74. The van der Waals surface area contributed by atoms with E-state index in [9.17, 15) is 91.6 Å².